The third kappa shape index (κ3) is 4.02. The summed E-state index contributed by atoms with van der Waals surface area (Å²) in [5, 5.41) is 0. The number of hydrogen-bond donors (Lipinski definition) is 0. The van der Waals surface area contributed by atoms with Gasteiger partial charge < -0.3 is 9.47 Å². The molecule has 6 heteroatoms. The van der Waals surface area contributed by atoms with E-state index < -0.39 is 10.1 Å². The fourth-order valence-electron chi connectivity index (χ4n) is 1.83. The SMILES string of the molecule is Cc1ccc(S(=O)(=O)OCCOCC2(C)COC2)cc1. The van der Waals surface area contributed by atoms with Crippen molar-refractivity contribution >= 4 is 10.1 Å². The van der Waals surface area contributed by atoms with E-state index in [1.807, 2.05) is 6.92 Å². The van der Waals surface area contributed by atoms with Crippen LogP contribution in [-0.4, -0.2) is 41.5 Å². The van der Waals surface area contributed by atoms with Crippen molar-refractivity contribution in [1.82, 2.24) is 0 Å². The standard InChI is InChI=1S/C14H20O5S/c1-12-3-5-13(6-4-12)20(15,16)19-8-7-17-9-14(2)10-18-11-14/h3-6H,7-11H2,1-2H3. The van der Waals surface area contributed by atoms with Crippen LogP contribution in [0.4, 0.5) is 0 Å². The lowest BCUT2D eigenvalue weighted by Gasteiger charge is -2.37. The van der Waals surface area contributed by atoms with Crippen LogP contribution in [0.25, 0.3) is 0 Å². The van der Waals surface area contributed by atoms with Gasteiger partial charge in [-0.05, 0) is 19.1 Å². The Labute approximate surface area is 120 Å². The normalized spacial score (nSPS) is 17.7. The molecule has 5 nitrogen and oxygen atoms in total. The van der Waals surface area contributed by atoms with Gasteiger partial charge in [0.15, 0.2) is 0 Å². The van der Waals surface area contributed by atoms with Gasteiger partial charge in [-0.2, -0.15) is 8.42 Å². The van der Waals surface area contributed by atoms with Crippen LogP contribution < -0.4 is 0 Å². The van der Waals surface area contributed by atoms with E-state index in [1.165, 1.54) is 12.1 Å². The molecule has 0 amide bonds. The molecule has 0 spiro atoms. The summed E-state index contributed by atoms with van der Waals surface area (Å²) in [6.07, 6.45) is 0. The van der Waals surface area contributed by atoms with E-state index in [0.29, 0.717) is 19.8 Å². The molecule has 0 saturated carbocycles. The van der Waals surface area contributed by atoms with Crippen molar-refractivity contribution in [2.24, 2.45) is 5.41 Å². The molecule has 1 heterocycles. The first kappa shape index (κ1) is 15.4. The molecule has 0 unspecified atom stereocenters. The highest BCUT2D eigenvalue weighted by atomic mass is 32.2. The molecule has 1 aliphatic heterocycles. The second-order valence-corrected chi connectivity index (χ2v) is 7.06. The predicted molar refractivity (Wildman–Crippen MR) is 74.1 cm³/mol. The van der Waals surface area contributed by atoms with Gasteiger partial charge in [0.25, 0.3) is 10.1 Å². The summed E-state index contributed by atoms with van der Waals surface area (Å²) in [4.78, 5) is 0.169. The zero-order valence-electron chi connectivity index (χ0n) is 11.8. The largest absolute Gasteiger partial charge is 0.380 e. The van der Waals surface area contributed by atoms with E-state index in [2.05, 4.69) is 6.92 Å². The fraction of sp³-hybridized carbons (Fsp3) is 0.571. The quantitative estimate of drug-likeness (QED) is 0.567. The number of hydrogen-bond acceptors (Lipinski definition) is 5. The Bertz CT molecular complexity index is 531. The molecule has 20 heavy (non-hydrogen) atoms. The highest BCUT2D eigenvalue weighted by molar-refractivity contribution is 7.86. The Morgan fingerprint density at radius 1 is 1.20 bits per heavy atom. The van der Waals surface area contributed by atoms with Crippen LogP contribution in [0.5, 0.6) is 0 Å². The molecule has 1 aromatic rings. The van der Waals surface area contributed by atoms with Crippen LogP contribution in [0.15, 0.2) is 29.2 Å². The minimum Gasteiger partial charge on any atom is -0.380 e. The van der Waals surface area contributed by atoms with E-state index >= 15 is 0 Å². The Hall–Kier alpha value is -0.950. The molecule has 0 atom stereocenters. The molecule has 0 N–H and O–H groups in total. The van der Waals surface area contributed by atoms with Gasteiger partial charge in [-0.1, -0.05) is 24.6 Å². The highest BCUT2D eigenvalue weighted by Crippen LogP contribution is 2.26. The summed E-state index contributed by atoms with van der Waals surface area (Å²) in [5.74, 6) is 0. The molecule has 1 aliphatic rings. The van der Waals surface area contributed by atoms with Crippen molar-refractivity contribution in [2.45, 2.75) is 18.7 Å². The molecular formula is C14H20O5S. The number of ether oxygens (including phenoxy) is 2. The number of benzene rings is 1. The minimum atomic E-state index is -3.69. The van der Waals surface area contributed by atoms with Gasteiger partial charge >= 0.3 is 0 Å². The summed E-state index contributed by atoms with van der Waals surface area (Å²) >= 11 is 0. The summed E-state index contributed by atoms with van der Waals surface area (Å²) in [6.45, 7) is 6.18. The van der Waals surface area contributed by atoms with Gasteiger partial charge in [0, 0.05) is 5.41 Å². The molecule has 1 aromatic carbocycles. The molecule has 0 aliphatic carbocycles. The van der Waals surface area contributed by atoms with Crippen LogP contribution >= 0.6 is 0 Å². The van der Waals surface area contributed by atoms with Crippen LogP contribution in [-0.2, 0) is 23.8 Å². The van der Waals surface area contributed by atoms with Crippen LogP contribution in [0, 0.1) is 12.3 Å². The zero-order chi connectivity index (χ0) is 14.6. The second kappa shape index (κ2) is 6.22. The maximum atomic E-state index is 11.9. The molecule has 0 bridgehead atoms. The first-order chi connectivity index (χ1) is 9.41. The molecule has 1 saturated heterocycles. The lowest BCUT2D eigenvalue weighted by atomic mass is 9.90. The van der Waals surface area contributed by atoms with E-state index in [9.17, 15) is 8.42 Å². The Morgan fingerprint density at radius 3 is 2.40 bits per heavy atom. The first-order valence-corrected chi connectivity index (χ1v) is 7.94. The van der Waals surface area contributed by atoms with E-state index in [4.69, 9.17) is 13.7 Å². The number of rotatable bonds is 7. The summed E-state index contributed by atoms with van der Waals surface area (Å²) < 4.78 is 39.2. The third-order valence-electron chi connectivity index (χ3n) is 3.13. The second-order valence-electron chi connectivity index (χ2n) is 5.45. The smallest absolute Gasteiger partial charge is 0.297 e. The maximum Gasteiger partial charge on any atom is 0.297 e. The van der Waals surface area contributed by atoms with Gasteiger partial charge in [-0.3, -0.25) is 4.18 Å². The summed E-state index contributed by atoms with van der Waals surface area (Å²) in [7, 11) is -3.69. The van der Waals surface area contributed by atoms with Gasteiger partial charge in [-0.25, -0.2) is 0 Å². The van der Waals surface area contributed by atoms with Gasteiger partial charge in [-0.15, -0.1) is 0 Å². The summed E-state index contributed by atoms with van der Waals surface area (Å²) in [6, 6.07) is 6.56. The van der Waals surface area contributed by atoms with Crippen molar-refractivity contribution < 1.29 is 22.1 Å². The fourth-order valence-corrected chi connectivity index (χ4v) is 2.72. The predicted octanol–water partition coefficient (Wildman–Crippen LogP) is 1.75. The third-order valence-corrected chi connectivity index (χ3v) is 4.45. The van der Waals surface area contributed by atoms with E-state index in [0.717, 1.165) is 5.56 Å². The number of aryl methyl sites for hydroxylation is 1. The van der Waals surface area contributed by atoms with Gasteiger partial charge in [0.1, 0.15) is 0 Å². The van der Waals surface area contributed by atoms with E-state index in [1.54, 1.807) is 12.1 Å². The minimum absolute atomic E-state index is 0.0210. The lowest BCUT2D eigenvalue weighted by molar-refractivity contribution is -0.139. The average molecular weight is 300 g/mol. The Kier molecular flexibility index (Phi) is 4.80. The molecule has 0 aromatic heterocycles. The molecular weight excluding hydrogens is 280 g/mol. The molecule has 2 rings (SSSR count). The van der Waals surface area contributed by atoms with Crippen LogP contribution in [0.1, 0.15) is 12.5 Å². The van der Waals surface area contributed by atoms with Crippen molar-refractivity contribution in [3.05, 3.63) is 29.8 Å². The van der Waals surface area contributed by atoms with Crippen molar-refractivity contribution in [1.29, 1.82) is 0 Å². The van der Waals surface area contributed by atoms with Gasteiger partial charge in [0.05, 0.1) is 37.9 Å². The molecule has 1 fully saturated rings. The van der Waals surface area contributed by atoms with Crippen molar-refractivity contribution in [3.63, 3.8) is 0 Å². The van der Waals surface area contributed by atoms with E-state index in [-0.39, 0.29) is 23.5 Å². The van der Waals surface area contributed by atoms with Crippen LogP contribution in [0.2, 0.25) is 0 Å². The van der Waals surface area contributed by atoms with Crippen molar-refractivity contribution in [3.8, 4) is 0 Å². The zero-order valence-corrected chi connectivity index (χ0v) is 12.6. The molecule has 0 radical (unpaired) electrons. The summed E-state index contributed by atoms with van der Waals surface area (Å²) in [5.41, 5.74) is 1.07. The monoisotopic (exact) mass is 300 g/mol. The molecule has 112 valence electrons. The first-order valence-electron chi connectivity index (χ1n) is 6.53. The topological polar surface area (TPSA) is 61.8 Å². The van der Waals surface area contributed by atoms with Crippen LogP contribution in [0.3, 0.4) is 0 Å². The average Bonchev–Trinajstić information content (AvgIpc) is 2.36. The Balaban J connectivity index is 1.74. The lowest BCUT2D eigenvalue weighted by Crippen LogP contribution is -2.43. The van der Waals surface area contributed by atoms with Gasteiger partial charge in [0.2, 0.25) is 0 Å². The maximum absolute atomic E-state index is 11.9. The van der Waals surface area contributed by atoms with Crippen molar-refractivity contribution in [2.75, 3.05) is 33.0 Å². The highest BCUT2D eigenvalue weighted by Gasteiger charge is 2.33. The Morgan fingerprint density at radius 2 is 1.85 bits per heavy atom.